The van der Waals surface area contributed by atoms with Crippen molar-refractivity contribution in [2.75, 3.05) is 6.61 Å². The summed E-state index contributed by atoms with van der Waals surface area (Å²) in [5.74, 6) is 0.231. The second-order valence-corrected chi connectivity index (χ2v) is 7.98. The number of nitrogens with two attached hydrogens (primary N) is 1. The Morgan fingerprint density at radius 1 is 0.892 bits per heavy atom. The van der Waals surface area contributed by atoms with Gasteiger partial charge in [0.05, 0.1) is 6.61 Å². The van der Waals surface area contributed by atoms with Crippen LogP contribution in [0.1, 0.15) is 45.9 Å². The lowest BCUT2D eigenvalue weighted by molar-refractivity contribution is 0.0520. The van der Waals surface area contributed by atoms with Crippen molar-refractivity contribution in [3.8, 4) is 0 Å². The molecule has 0 fully saturated rings. The number of nitrogens with zero attached hydrogens (tertiary/aromatic N) is 4. The largest absolute Gasteiger partial charge is 0.461 e. The molecule has 0 bridgehead atoms. The monoisotopic (exact) mass is 530 g/mol. The minimum absolute atomic E-state index is 0. The van der Waals surface area contributed by atoms with E-state index in [1.165, 1.54) is 12.1 Å². The van der Waals surface area contributed by atoms with E-state index in [1.54, 1.807) is 78.9 Å². The van der Waals surface area contributed by atoms with E-state index >= 15 is 0 Å². The molecule has 0 spiro atoms. The minimum Gasteiger partial charge on any atom is -0.461 e. The van der Waals surface area contributed by atoms with Crippen molar-refractivity contribution >= 4 is 24.2 Å². The molecule has 37 heavy (non-hydrogen) atoms. The number of hydrogen-bond donors (Lipinski definition) is 2. The van der Waals surface area contributed by atoms with Gasteiger partial charge in [-0.25, -0.2) is 23.5 Å². The molecule has 0 atom stereocenters. The first kappa shape index (κ1) is 29.2. The number of aryl methyl sites for hydroxylation is 2. The van der Waals surface area contributed by atoms with E-state index in [0.29, 0.717) is 47.9 Å². The van der Waals surface area contributed by atoms with Crippen molar-refractivity contribution in [1.29, 1.82) is 5.41 Å². The third-order valence-electron chi connectivity index (χ3n) is 5.32. The van der Waals surface area contributed by atoms with Crippen LogP contribution in [0.3, 0.4) is 0 Å². The summed E-state index contributed by atoms with van der Waals surface area (Å²) >= 11 is 0. The maximum atomic E-state index is 13.6. The van der Waals surface area contributed by atoms with Gasteiger partial charge in [0, 0.05) is 39.3 Å². The zero-order valence-electron chi connectivity index (χ0n) is 20.7. The van der Waals surface area contributed by atoms with Crippen molar-refractivity contribution in [2.24, 2.45) is 19.8 Å². The number of nitrogen functional groups attached to an aromatic ring is 1. The number of aromatic nitrogens is 4. The highest BCUT2D eigenvalue weighted by atomic mass is 35.5. The summed E-state index contributed by atoms with van der Waals surface area (Å²) in [7, 11) is 3.57. The van der Waals surface area contributed by atoms with Gasteiger partial charge in [-0.3, -0.25) is 5.41 Å². The lowest BCUT2D eigenvalue weighted by atomic mass is 10.1. The summed E-state index contributed by atoms with van der Waals surface area (Å²) in [6.45, 7) is 2.04. The maximum absolute atomic E-state index is 13.6. The van der Waals surface area contributed by atoms with E-state index in [-0.39, 0.29) is 35.6 Å². The Balaban J connectivity index is 0.000000255. The molecule has 196 valence electrons. The highest BCUT2D eigenvalue weighted by Gasteiger charge is 2.15. The molecular weight excluding hydrogens is 502 g/mol. The smallest absolute Gasteiger partial charge is 0.358 e. The zero-order chi connectivity index (χ0) is 26.2. The third-order valence-corrected chi connectivity index (χ3v) is 5.32. The van der Waals surface area contributed by atoms with Gasteiger partial charge >= 0.3 is 5.97 Å². The molecule has 8 nitrogen and oxygen atoms in total. The van der Waals surface area contributed by atoms with Crippen molar-refractivity contribution in [1.82, 2.24) is 19.1 Å². The van der Waals surface area contributed by atoms with E-state index in [1.807, 2.05) is 0 Å². The lowest BCUT2D eigenvalue weighted by Crippen LogP contribution is -2.11. The zero-order valence-corrected chi connectivity index (χ0v) is 21.6. The predicted molar refractivity (Wildman–Crippen MR) is 139 cm³/mol. The van der Waals surface area contributed by atoms with Gasteiger partial charge in [-0.15, -0.1) is 12.4 Å². The molecular formula is C26H29ClF2N6O2. The SMILES string of the molecule is CCOC(=O)c1cn(C)c(Cc2ccccc2F)n1.Cl.Cn1cc(C(=N)N)nc1Cc1ccccc1F. The first-order chi connectivity index (χ1) is 17.2. The normalized spacial score (nSPS) is 10.2. The van der Waals surface area contributed by atoms with Crippen LogP contribution >= 0.6 is 12.4 Å². The van der Waals surface area contributed by atoms with Crippen LogP contribution in [0.4, 0.5) is 8.78 Å². The Labute approximate surface area is 220 Å². The molecule has 11 heteroatoms. The standard InChI is InChI=1S/C14H15FN2O2.C12H13FN4.ClH/c1-3-19-14(18)12-9-17(2)13(16-12)8-10-6-4-5-7-11(10)15;1-17-7-10(12(14)15)16-11(17)6-8-4-2-3-5-9(8)13;/h4-7,9H,3,8H2,1-2H3;2-5,7H,6H2,1H3,(H3,14,15);1H. The third kappa shape index (κ3) is 7.71. The van der Waals surface area contributed by atoms with Gasteiger partial charge in [-0.2, -0.15) is 0 Å². The molecule has 0 aliphatic heterocycles. The van der Waals surface area contributed by atoms with E-state index in [4.69, 9.17) is 15.9 Å². The Kier molecular flexibility index (Phi) is 10.5. The van der Waals surface area contributed by atoms with Crippen LogP contribution in [0.25, 0.3) is 0 Å². The number of hydrogen-bond acceptors (Lipinski definition) is 5. The Bertz CT molecular complexity index is 1370. The van der Waals surface area contributed by atoms with Crippen LogP contribution in [0.15, 0.2) is 60.9 Å². The minimum atomic E-state index is -0.460. The fourth-order valence-corrected chi connectivity index (χ4v) is 3.40. The lowest BCUT2D eigenvalue weighted by Gasteiger charge is -2.02. The summed E-state index contributed by atoms with van der Waals surface area (Å²) in [4.78, 5) is 19.9. The second-order valence-electron chi connectivity index (χ2n) is 7.98. The van der Waals surface area contributed by atoms with Crippen LogP contribution in [0, 0.1) is 17.0 Å². The molecule has 0 saturated heterocycles. The highest BCUT2D eigenvalue weighted by Crippen LogP contribution is 2.14. The molecule has 2 heterocycles. The molecule has 4 aromatic rings. The number of benzene rings is 2. The molecule has 0 radical (unpaired) electrons. The van der Waals surface area contributed by atoms with Crippen LogP contribution in [-0.4, -0.2) is 37.5 Å². The highest BCUT2D eigenvalue weighted by molar-refractivity contribution is 5.92. The summed E-state index contributed by atoms with van der Waals surface area (Å²) < 4.78 is 35.4. The summed E-state index contributed by atoms with van der Waals surface area (Å²) in [5.41, 5.74) is 7.14. The van der Waals surface area contributed by atoms with Crippen molar-refractivity contribution in [3.63, 3.8) is 0 Å². The van der Waals surface area contributed by atoms with Crippen LogP contribution in [0.5, 0.6) is 0 Å². The molecule has 0 amide bonds. The van der Waals surface area contributed by atoms with Gasteiger partial charge in [0.15, 0.2) is 5.69 Å². The fourth-order valence-electron chi connectivity index (χ4n) is 3.40. The van der Waals surface area contributed by atoms with Crippen molar-refractivity contribution in [3.05, 3.63) is 107 Å². The molecule has 2 aromatic heterocycles. The van der Waals surface area contributed by atoms with E-state index in [0.717, 1.165) is 0 Å². The first-order valence-corrected chi connectivity index (χ1v) is 11.2. The number of imidazole rings is 2. The molecule has 0 aliphatic rings. The molecule has 0 unspecified atom stereocenters. The van der Waals surface area contributed by atoms with Gasteiger partial charge in [-0.05, 0) is 30.2 Å². The van der Waals surface area contributed by atoms with E-state index in [9.17, 15) is 13.6 Å². The topological polar surface area (TPSA) is 112 Å². The van der Waals surface area contributed by atoms with E-state index < -0.39 is 5.97 Å². The molecule has 0 aliphatic carbocycles. The number of ether oxygens (including phenoxy) is 1. The number of nitrogens with one attached hydrogen (secondary N) is 1. The second kappa shape index (κ2) is 13.3. The quantitative estimate of drug-likeness (QED) is 0.211. The first-order valence-electron chi connectivity index (χ1n) is 11.2. The van der Waals surface area contributed by atoms with E-state index in [2.05, 4.69) is 9.97 Å². The number of esters is 1. The molecule has 2 aromatic carbocycles. The number of carbonyl (C=O) groups excluding carboxylic acids is 1. The Hall–Kier alpha value is -4.05. The van der Waals surface area contributed by atoms with Crippen LogP contribution in [0.2, 0.25) is 0 Å². The molecule has 4 rings (SSSR count). The molecule has 3 N–H and O–H groups in total. The number of carbonyl (C=O) groups is 1. The predicted octanol–water partition coefficient (Wildman–Crippen LogP) is 4.18. The van der Waals surface area contributed by atoms with Crippen molar-refractivity contribution in [2.45, 2.75) is 19.8 Å². The maximum Gasteiger partial charge on any atom is 0.358 e. The van der Waals surface area contributed by atoms with Crippen LogP contribution in [-0.2, 0) is 31.7 Å². The average molecular weight is 531 g/mol. The summed E-state index contributed by atoms with van der Waals surface area (Å²) in [5, 5.41) is 7.30. The Morgan fingerprint density at radius 3 is 1.73 bits per heavy atom. The number of halogens is 3. The van der Waals surface area contributed by atoms with Gasteiger partial charge in [0.2, 0.25) is 0 Å². The number of amidine groups is 1. The van der Waals surface area contributed by atoms with Gasteiger partial charge in [0.1, 0.15) is 34.8 Å². The number of rotatable bonds is 7. The average Bonchev–Trinajstić information content (AvgIpc) is 3.40. The Morgan fingerprint density at radius 2 is 1.32 bits per heavy atom. The van der Waals surface area contributed by atoms with Gasteiger partial charge in [-0.1, -0.05) is 36.4 Å². The molecule has 0 saturated carbocycles. The van der Waals surface area contributed by atoms with Gasteiger partial charge in [0.25, 0.3) is 0 Å². The van der Waals surface area contributed by atoms with Crippen molar-refractivity contribution < 1.29 is 18.3 Å². The van der Waals surface area contributed by atoms with Crippen LogP contribution < -0.4 is 5.73 Å². The summed E-state index contributed by atoms with van der Waals surface area (Å²) in [6.07, 6.45) is 3.98. The van der Waals surface area contributed by atoms with Gasteiger partial charge < -0.3 is 19.6 Å². The summed E-state index contributed by atoms with van der Waals surface area (Å²) in [6, 6.07) is 13.1. The fraction of sp³-hybridized carbons (Fsp3) is 0.231.